The number of benzene rings is 5. The summed E-state index contributed by atoms with van der Waals surface area (Å²) in [5.41, 5.74) is 12.4. The summed E-state index contributed by atoms with van der Waals surface area (Å²) in [4.78, 5) is 30.7. The molecule has 1 aliphatic heterocycles. The molecule has 0 saturated carbocycles. The molecule has 0 aromatic heterocycles. The average Bonchev–Trinajstić information content (AvgIpc) is 3.47. The average molecular weight is 848 g/mol. The summed E-state index contributed by atoms with van der Waals surface area (Å²) in [5, 5.41) is 3.24. The van der Waals surface area contributed by atoms with Crippen LogP contribution in [-0.4, -0.2) is 73.3 Å². The zero-order chi connectivity index (χ0) is 43.7. The molecule has 0 unspecified atom stereocenters. The van der Waals surface area contributed by atoms with Crippen LogP contribution in [0.15, 0.2) is 146 Å². The lowest BCUT2D eigenvalue weighted by Gasteiger charge is -2.28. The predicted octanol–water partition coefficient (Wildman–Crippen LogP) is 12.0. The third kappa shape index (κ3) is 10.7. The minimum Gasteiger partial charge on any atom is -0.388 e. The van der Waals surface area contributed by atoms with E-state index in [1.54, 1.807) is 24.3 Å². The van der Waals surface area contributed by atoms with Gasteiger partial charge < -0.3 is 15.1 Å². The van der Waals surface area contributed by atoms with Crippen molar-refractivity contribution in [1.82, 2.24) is 0 Å². The maximum atomic E-state index is 13.2. The number of carbonyl (C=O) groups excluding carboxylic acids is 2. The molecular weight excluding hydrogens is 789 g/mol. The van der Waals surface area contributed by atoms with Crippen molar-refractivity contribution in [2.45, 2.75) is 38.5 Å². The summed E-state index contributed by atoms with van der Waals surface area (Å²) >= 11 is 2.56. The van der Waals surface area contributed by atoms with Crippen molar-refractivity contribution in [2.24, 2.45) is 0 Å². The fourth-order valence-corrected chi connectivity index (χ4v) is 9.42. The number of nitrogens with zero attached hydrogens (tertiary/aromatic N) is 3. The summed E-state index contributed by atoms with van der Waals surface area (Å²) in [6.45, 7) is 14.8. The SMILES string of the molecule is C=C(C=Cc1ccc(N(C)CCSC(=O)c2cccc(C(=O)SCCN(C)c3ccc(C=CC4=[N+](C)c5ccccc5C4(C)C)cc3)c2)cc1)C(C)(C)c1ccccc1NC. The largest absolute Gasteiger partial charge is 0.388 e. The van der Waals surface area contributed by atoms with Gasteiger partial charge in [0, 0.05) is 97.0 Å². The van der Waals surface area contributed by atoms with Crippen LogP contribution in [0.3, 0.4) is 0 Å². The smallest absolute Gasteiger partial charge is 0.219 e. The summed E-state index contributed by atoms with van der Waals surface area (Å²) in [6.07, 6.45) is 8.61. The predicted molar refractivity (Wildman–Crippen MR) is 266 cm³/mol. The van der Waals surface area contributed by atoms with Gasteiger partial charge in [0.2, 0.25) is 15.9 Å². The van der Waals surface area contributed by atoms with Crippen molar-refractivity contribution in [2.75, 3.05) is 67.9 Å². The number of para-hydroxylation sites is 2. The first-order chi connectivity index (χ1) is 29.2. The van der Waals surface area contributed by atoms with Gasteiger partial charge in [0.25, 0.3) is 0 Å². The van der Waals surface area contributed by atoms with Crippen LogP contribution in [0.5, 0.6) is 0 Å². The lowest BCUT2D eigenvalue weighted by molar-refractivity contribution is -0.401. The molecule has 6 nitrogen and oxygen atoms in total. The van der Waals surface area contributed by atoms with Crippen LogP contribution in [0, 0.1) is 0 Å². The van der Waals surface area contributed by atoms with Crippen LogP contribution in [-0.2, 0) is 10.8 Å². The second kappa shape index (κ2) is 19.9. The van der Waals surface area contributed by atoms with Gasteiger partial charge in [-0.15, -0.1) is 0 Å². The highest BCUT2D eigenvalue weighted by Gasteiger charge is 2.42. The van der Waals surface area contributed by atoms with E-state index < -0.39 is 0 Å². The molecule has 0 bridgehead atoms. The summed E-state index contributed by atoms with van der Waals surface area (Å²) in [5.74, 6) is 1.26. The third-order valence-electron chi connectivity index (χ3n) is 11.8. The Hall–Kier alpha value is -5.57. The molecule has 1 aliphatic rings. The second-order valence-electron chi connectivity index (χ2n) is 16.6. The molecule has 8 heteroatoms. The molecule has 314 valence electrons. The molecule has 0 spiro atoms. The quantitative estimate of drug-likeness (QED) is 0.0739. The van der Waals surface area contributed by atoms with Gasteiger partial charge in [0.1, 0.15) is 7.05 Å². The van der Waals surface area contributed by atoms with E-state index in [-0.39, 0.29) is 21.1 Å². The molecule has 5 aromatic carbocycles. The fourth-order valence-electron chi connectivity index (χ4n) is 7.73. The van der Waals surface area contributed by atoms with Crippen LogP contribution < -0.4 is 15.1 Å². The van der Waals surface area contributed by atoms with Crippen molar-refractivity contribution in [1.29, 1.82) is 0 Å². The normalized spacial score (nSPS) is 13.4. The zero-order valence-electron chi connectivity index (χ0n) is 36.9. The molecule has 0 atom stereocenters. The van der Waals surface area contributed by atoms with Gasteiger partial charge >= 0.3 is 0 Å². The number of fused-ring (bicyclic) bond motifs is 1. The van der Waals surface area contributed by atoms with Gasteiger partial charge in [-0.25, -0.2) is 0 Å². The number of hydrogen-bond donors (Lipinski definition) is 1. The Labute approximate surface area is 372 Å². The van der Waals surface area contributed by atoms with E-state index in [1.807, 2.05) is 27.2 Å². The van der Waals surface area contributed by atoms with Crippen molar-refractivity contribution in [3.63, 3.8) is 0 Å². The Morgan fingerprint density at radius 3 is 1.80 bits per heavy atom. The number of rotatable bonds is 17. The first kappa shape index (κ1) is 45.0. The Balaban J connectivity index is 0.930. The van der Waals surface area contributed by atoms with Crippen LogP contribution in [0.2, 0.25) is 0 Å². The van der Waals surface area contributed by atoms with E-state index in [0.29, 0.717) is 35.7 Å². The highest BCUT2D eigenvalue weighted by atomic mass is 32.2. The van der Waals surface area contributed by atoms with Gasteiger partial charge in [0.05, 0.1) is 5.41 Å². The Bertz CT molecular complexity index is 2460. The number of allylic oxidation sites excluding steroid dienone is 3. The van der Waals surface area contributed by atoms with E-state index in [0.717, 1.165) is 33.8 Å². The number of hydrogen-bond acceptors (Lipinski definition) is 7. The molecule has 5 aromatic rings. The van der Waals surface area contributed by atoms with Crippen molar-refractivity contribution in [3.05, 3.63) is 179 Å². The highest BCUT2D eigenvalue weighted by molar-refractivity contribution is 8.14. The summed E-state index contributed by atoms with van der Waals surface area (Å²) in [6, 6.07) is 41.0. The summed E-state index contributed by atoms with van der Waals surface area (Å²) in [7, 11) is 8.17. The zero-order valence-corrected chi connectivity index (χ0v) is 38.5. The molecule has 0 radical (unpaired) electrons. The molecule has 1 heterocycles. The van der Waals surface area contributed by atoms with Crippen molar-refractivity contribution in [3.8, 4) is 0 Å². The Morgan fingerprint density at radius 1 is 0.721 bits per heavy atom. The molecule has 0 saturated heterocycles. The van der Waals surface area contributed by atoms with Crippen LogP contribution in [0.25, 0.3) is 12.2 Å². The van der Waals surface area contributed by atoms with Gasteiger partial charge in [0.15, 0.2) is 5.71 Å². The van der Waals surface area contributed by atoms with E-state index >= 15 is 0 Å². The number of anilines is 3. The van der Waals surface area contributed by atoms with E-state index in [2.05, 4.69) is 176 Å². The molecule has 0 amide bonds. The lowest BCUT2D eigenvalue weighted by atomic mass is 9.77. The Kier molecular flexibility index (Phi) is 14.6. The summed E-state index contributed by atoms with van der Waals surface area (Å²) < 4.78 is 2.29. The maximum Gasteiger partial charge on any atom is 0.219 e. The molecule has 0 fully saturated rings. The molecule has 61 heavy (non-hydrogen) atoms. The molecule has 0 aliphatic carbocycles. The number of thioether (sulfide) groups is 2. The monoisotopic (exact) mass is 847 g/mol. The van der Waals surface area contributed by atoms with Gasteiger partial charge in [-0.3, -0.25) is 9.59 Å². The Morgan fingerprint density at radius 2 is 1.25 bits per heavy atom. The first-order valence-electron chi connectivity index (χ1n) is 20.8. The van der Waals surface area contributed by atoms with Gasteiger partial charge in [-0.2, -0.15) is 4.58 Å². The van der Waals surface area contributed by atoms with Crippen LogP contribution >= 0.6 is 23.5 Å². The van der Waals surface area contributed by atoms with E-state index in [4.69, 9.17) is 0 Å². The molecular formula is C53H59N4O2S2+. The van der Waals surface area contributed by atoms with E-state index in [1.165, 1.54) is 46.0 Å². The minimum atomic E-state index is -0.231. The third-order valence-corrected chi connectivity index (χ3v) is 13.6. The fraction of sp³-hybridized carbons (Fsp3) is 0.264. The first-order valence-corrected chi connectivity index (χ1v) is 22.8. The van der Waals surface area contributed by atoms with Crippen molar-refractivity contribution < 1.29 is 14.2 Å². The lowest BCUT2D eigenvalue weighted by Crippen LogP contribution is -2.26. The second-order valence-corrected chi connectivity index (χ2v) is 18.7. The van der Waals surface area contributed by atoms with Crippen LogP contribution in [0.1, 0.15) is 70.7 Å². The maximum absolute atomic E-state index is 13.2. The van der Waals surface area contributed by atoms with Gasteiger partial charge in [-0.1, -0.05) is 135 Å². The standard InChI is InChI=1S/C53H59N4O2S2/c1-38(52(2,3)45-17-10-12-19-47(45)54-6)21-22-39-23-28-43(29-24-39)55(7)33-35-60-50(58)41-15-14-16-42(37-41)51(59)61-36-34-56(8)44-30-25-40(26-31-44)27-32-49-53(4,5)46-18-11-13-20-48(46)57(49)9/h10-32,37,54H,1,33-36H2,2-9H3/q+1. The van der Waals surface area contributed by atoms with Crippen LogP contribution in [0.4, 0.5) is 22.7 Å². The van der Waals surface area contributed by atoms with E-state index in [9.17, 15) is 9.59 Å². The van der Waals surface area contributed by atoms with Crippen molar-refractivity contribution >= 4 is 74.4 Å². The number of nitrogens with one attached hydrogen (secondary N) is 1. The highest BCUT2D eigenvalue weighted by Crippen LogP contribution is 2.39. The molecule has 1 N–H and O–H groups in total. The number of carbonyl (C=O) groups is 2. The topological polar surface area (TPSA) is 55.7 Å². The van der Waals surface area contributed by atoms with Gasteiger partial charge in [-0.05, 0) is 78.6 Å². The minimum absolute atomic E-state index is 0.0295. The molecule has 6 rings (SSSR count).